The van der Waals surface area contributed by atoms with Crippen molar-refractivity contribution in [3.8, 4) is 17.2 Å². The first kappa shape index (κ1) is 10.8. The third-order valence-corrected chi connectivity index (χ3v) is 3.04. The van der Waals surface area contributed by atoms with E-state index >= 15 is 0 Å². The van der Waals surface area contributed by atoms with Gasteiger partial charge in [0.05, 0.1) is 19.9 Å². The summed E-state index contributed by atoms with van der Waals surface area (Å²) in [5, 5.41) is 1.75. The van der Waals surface area contributed by atoms with Crippen LogP contribution >= 0.6 is 11.5 Å². The van der Waals surface area contributed by atoms with E-state index in [1.807, 2.05) is 6.07 Å². The molecule has 0 radical (unpaired) electrons. The Labute approximate surface area is 96.8 Å². The van der Waals surface area contributed by atoms with Crippen molar-refractivity contribution in [3.63, 3.8) is 0 Å². The topological polar surface area (TPSA) is 40.5 Å². The van der Waals surface area contributed by atoms with Gasteiger partial charge in [0.25, 0.3) is 5.56 Å². The van der Waals surface area contributed by atoms with Crippen molar-refractivity contribution < 1.29 is 9.47 Å². The summed E-state index contributed by atoms with van der Waals surface area (Å²) in [4.78, 5) is 11.5. The minimum Gasteiger partial charge on any atom is -0.493 e. The Morgan fingerprint density at radius 1 is 1.12 bits per heavy atom. The molecule has 0 spiro atoms. The lowest BCUT2D eigenvalue weighted by Gasteiger charge is -2.09. The molecule has 0 saturated carbocycles. The van der Waals surface area contributed by atoms with Gasteiger partial charge in [0.2, 0.25) is 0 Å². The molecule has 0 bridgehead atoms. The zero-order valence-corrected chi connectivity index (χ0v) is 9.78. The Kier molecular flexibility index (Phi) is 2.96. The summed E-state index contributed by atoms with van der Waals surface area (Å²) in [6.07, 6.45) is 0. The molecule has 2 rings (SSSR count). The first-order valence-electron chi connectivity index (χ1n) is 4.65. The van der Waals surface area contributed by atoms with Gasteiger partial charge in [-0.25, -0.2) is 3.96 Å². The van der Waals surface area contributed by atoms with Gasteiger partial charge < -0.3 is 9.47 Å². The minimum atomic E-state index is -0.0442. The van der Waals surface area contributed by atoms with Gasteiger partial charge in [-0.2, -0.15) is 0 Å². The molecular weight excluding hydrogens is 226 g/mol. The second-order valence-corrected chi connectivity index (χ2v) is 3.93. The second-order valence-electron chi connectivity index (χ2n) is 3.08. The molecule has 5 heteroatoms. The molecule has 0 amide bonds. The fourth-order valence-electron chi connectivity index (χ4n) is 1.41. The Morgan fingerprint density at radius 3 is 2.44 bits per heavy atom. The lowest BCUT2D eigenvalue weighted by molar-refractivity contribution is 0.355. The predicted molar refractivity (Wildman–Crippen MR) is 63.0 cm³/mol. The molecule has 0 fully saturated rings. The number of hydrogen-bond donors (Lipinski definition) is 0. The summed E-state index contributed by atoms with van der Waals surface area (Å²) >= 11 is 1.34. The summed E-state index contributed by atoms with van der Waals surface area (Å²) in [7, 11) is 3.15. The maximum Gasteiger partial charge on any atom is 0.265 e. The molecular formula is C11H11NO3S. The summed E-state index contributed by atoms with van der Waals surface area (Å²) in [6, 6.07) is 6.90. The highest BCUT2D eigenvalue weighted by Crippen LogP contribution is 2.28. The molecule has 0 aliphatic rings. The van der Waals surface area contributed by atoms with Crippen LogP contribution in [0.3, 0.4) is 0 Å². The van der Waals surface area contributed by atoms with E-state index in [9.17, 15) is 4.79 Å². The summed E-state index contributed by atoms with van der Waals surface area (Å²) < 4.78 is 11.9. The molecule has 0 aliphatic carbocycles. The van der Waals surface area contributed by atoms with Crippen molar-refractivity contribution in [2.75, 3.05) is 14.2 Å². The monoisotopic (exact) mass is 237 g/mol. The molecule has 2 aromatic rings. The Balaban J connectivity index is 2.52. The Hall–Kier alpha value is -1.75. The summed E-state index contributed by atoms with van der Waals surface area (Å²) in [5.41, 5.74) is 0.731. The SMILES string of the molecule is COc1ccc(-n2sccc2=O)cc1OC. The van der Waals surface area contributed by atoms with E-state index in [4.69, 9.17) is 9.47 Å². The van der Waals surface area contributed by atoms with Crippen molar-refractivity contribution in [1.29, 1.82) is 0 Å². The van der Waals surface area contributed by atoms with Crippen molar-refractivity contribution >= 4 is 11.5 Å². The first-order valence-corrected chi connectivity index (χ1v) is 5.49. The number of ether oxygens (including phenoxy) is 2. The van der Waals surface area contributed by atoms with Crippen molar-refractivity contribution in [3.05, 3.63) is 40.0 Å². The van der Waals surface area contributed by atoms with Crippen LogP contribution in [0.25, 0.3) is 5.69 Å². The predicted octanol–water partition coefficient (Wildman–Crippen LogP) is 1.92. The van der Waals surface area contributed by atoms with Crippen LogP contribution in [0.4, 0.5) is 0 Å². The third-order valence-electron chi connectivity index (χ3n) is 2.18. The maximum absolute atomic E-state index is 11.5. The zero-order valence-electron chi connectivity index (χ0n) is 8.97. The molecule has 1 aromatic carbocycles. The van der Waals surface area contributed by atoms with Crippen molar-refractivity contribution in [2.45, 2.75) is 0 Å². The number of aromatic nitrogens is 1. The fraction of sp³-hybridized carbons (Fsp3) is 0.182. The highest BCUT2D eigenvalue weighted by atomic mass is 32.1. The smallest absolute Gasteiger partial charge is 0.265 e. The molecule has 1 aromatic heterocycles. The van der Waals surface area contributed by atoms with Crippen LogP contribution in [-0.4, -0.2) is 18.2 Å². The van der Waals surface area contributed by atoms with E-state index in [-0.39, 0.29) is 5.56 Å². The molecule has 0 atom stereocenters. The highest BCUT2D eigenvalue weighted by molar-refractivity contribution is 7.04. The second kappa shape index (κ2) is 4.40. The normalized spacial score (nSPS) is 10.1. The fourth-order valence-corrected chi connectivity index (χ4v) is 2.11. The van der Waals surface area contributed by atoms with Crippen LogP contribution < -0.4 is 15.0 Å². The molecule has 0 N–H and O–H groups in total. The highest BCUT2D eigenvalue weighted by Gasteiger charge is 2.07. The maximum atomic E-state index is 11.5. The molecule has 0 saturated heterocycles. The van der Waals surface area contributed by atoms with Gasteiger partial charge >= 0.3 is 0 Å². The van der Waals surface area contributed by atoms with E-state index in [0.29, 0.717) is 11.5 Å². The molecule has 16 heavy (non-hydrogen) atoms. The summed E-state index contributed by atoms with van der Waals surface area (Å²) in [6.45, 7) is 0. The van der Waals surface area contributed by atoms with Crippen molar-refractivity contribution in [2.24, 2.45) is 0 Å². The van der Waals surface area contributed by atoms with Gasteiger partial charge in [-0.05, 0) is 12.1 Å². The molecule has 0 unspecified atom stereocenters. The van der Waals surface area contributed by atoms with Gasteiger partial charge in [-0.15, -0.1) is 0 Å². The van der Waals surface area contributed by atoms with Crippen LogP contribution in [0.15, 0.2) is 34.4 Å². The number of hydrogen-bond acceptors (Lipinski definition) is 4. The number of nitrogens with zero attached hydrogens (tertiary/aromatic N) is 1. The third kappa shape index (κ3) is 1.81. The standard InChI is InChI=1S/C11H11NO3S/c1-14-9-4-3-8(7-10(9)15-2)12-11(13)5-6-16-12/h3-7H,1-2H3. The van der Waals surface area contributed by atoms with E-state index in [1.54, 1.807) is 35.7 Å². The van der Waals surface area contributed by atoms with Gasteiger partial charge in [0.1, 0.15) is 0 Å². The summed E-state index contributed by atoms with van der Waals surface area (Å²) in [5.74, 6) is 1.26. The van der Waals surface area contributed by atoms with Crippen LogP contribution in [0.1, 0.15) is 0 Å². The quantitative estimate of drug-likeness (QED) is 0.818. The van der Waals surface area contributed by atoms with Gasteiger partial charge in [0, 0.05) is 17.5 Å². The lowest BCUT2D eigenvalue weighted by Crippen LogP contribution is -2.09. The minimum absolute atomic E-state index is 0.0442. The van der Waals surface area contributed by atoms with E-state index in [0.717, 1.165) is 5.69 Å². The average molecular weight is 237 g/mol. The largest absolute Gasteiger partial charge is 0.493 e. The average Bonchev–Trinajstić information content (AvgIpc) is 2.74. The van der Waals surface area contributed by atoms with Crippen LogP contribution in [-0.2, 0) is 0 Å². The van der Waals surface area contributed by atoms with Gasteiger partial charge in [-0.1, -0.05) is 11.5 Å². The molecule has 84 valence electrons. The first-order chi connectivity index (χ1) is 7.76. The number of benzene rings is 1. The van der Waals surface area contributed by atoms with Crippen LogP contribution in [0.2, 0.25) is 0 Å². The van der Waals surface area contributed by atoms with E-state index < -0.39 is 0 Å². The number of rotatable bonds is 3. The lowest BCUT2D eigenvalue weighted by atomic mass is 10.3. The molecule has 1 heterocycles. The van der Waals surface area contributed by atoms with Crippen molar-refractivity contribution in [1.82, 2.24) is 3.96 Å². The van der Waals surface area contributed by atoms with E-state index in [2.05, 4.69) is 0 Å². The molecule has 0 aliphatic heterocycles. The number of methoxy groups -OCH3 is 2. The van der Waals surface area contributed by atoms with Crippen LogP contribution in [0.5, 0.6) is 11.5 Å². The van der Waals surface area contributed by atoms with Gasteiger partial charge in [-0.3, -0.25) is 4.79 Å². The van der Waals surface area contributed by atoms with Gasteiger partial charge in [0.15, 0.2) is 11.5 Å². The molecule has 4 nitrogen and oxygen atoms in total. The zero-order chi connectivity index (χ0) is 11.5. The van der Waals surface area contributed by atoms with E-state index in [1.165, 1.54) is 17.6 Å². The Bertz CT molecular complexity index is 544. The Morgan fingerprint density at radius 2 is 1.88 bits per heavy atom. The van der Waals surface area contributed by atoms with Crippen LogP contribution in [0, 0.1) is 0 Å².